The van der Waals surface area contributed by atoms with Crippen LogP contribution in [0.1, 0.15) is 44.3 Å². The Bertz CT molecular complexity index is 872. The van der Waals surface area contributed by atoms with Crippen molar-refractivity contribution in [2.24, 2.45) is 18.9 Å². The molecule has 1 aliphatic heterocycles. The predicted molar refractivity (Wildman–Crippen MR) is 107 cm³/mol. The lowest BCUT2D eigenvalue weighted by molar-refractivity contribution is -0.139. The molecule has 1 saturated heterocycles. The number of hydrogen-bond donors (Lipinski definition) is 1. The van der Waals surface area contributed by atoms with Crippen molar-refractivity contribution >= 4 is 17.0 Å². The molecule has 2 aliphatic rings. The number of aryl methyl sites for hydroxylation is 1. The molecule has 0 spiro atoms. The number of alkyl halides is 2. The largest absolute Gasteiger partial charge is 0.481 e. The first-order valence-electron chi connectivity index (χ1n) is 10.6. The fourth-order valence-corrected chi connectivity index (χ4v) is 5.17. The minimum Gasteiger partial charge on any atom is -0.481 e. The molecule has 0 radical (unpaired) electrons. The van der Waals surface area contributed by atoms with Gasteiger partial charge in [0.05, 0.1) is 11.0 Å². The SMILES string of the molecule is Cn1c(CC2CN(C3CCC(F)(F)CC3)CCC2CC(=O)O)nc2ccccc21. The number of likely N-dealkylation sites (tertiary alicyclic amines) is 1. The highest BCUT2D eigenvalue weighted by Gasteiger charge is 2.40. The summed E-state index contributed by atoms with van der Waals surface area (Å²) in [6, 6.07) is 8.16. The third-order valence-electron chi connectivity index (χ3n) is 6.89. The Morgan fingerprint density at radius 2 is 1.93 bits per heavy atom. The second kappa shape index (κ2) is 8.01. The third-order valence-corrected chi connectivity index (χ3v) is 6.89. The number of carbonyl (C=O) groups is 1. The van der Waals surface area contributed by atoms with E-state index in [9.17, 15) is 18.7 Å². The molecule has 0 amide bonds. The van der Waals surface area contributed by atoms with Crippen molar-refractivity contribution in [2.45, 2.75) is 56.9 Å². The Kier molecular flexibility index (Phi) is 5.60. The van der Waals surface area contributed by atoms with Crippen LogP contribution in [0.3, 0.4) is 0 Å². The first kappa shape index (κ1) is 20.3. The summed E-state index contributed by atoms with van der Waals surface area (Å²) < 4.78 is 29.2. The topological polar surface area (TPSA) is 58.4 Å². The number of carboxylic acid groups (broad SMARTS) is 1. The molecule has 1 aromatic carbocycles. The second-order valence-electron chi connectivity index (χ2n) is 8.77. The number of piperidine rings is 1. The number of rotatable bonds is 5. The minimum absolute atomic E-state index is 0.0395. The van der Waals surface area contributed by atoms with E-state index < -0.39 is 11.9 Å². The third kappa shape index (κ3) is 4.44. The lowest BCUT2D eigenvalue weighted by Gasteiger charge is -2.44. The number of hydrogen-bond acceptors (Lipinski definition) is 3. The number of imidazole rings is 1. The van der Waals surface area contributed by atoms with Gasteiger partial charge in [-0.25, -0.2) is 13.8 Å². The zero-order valence-corrected chi connectivity index (χ0v) is 16.9. The molecule has 5 nitrogen and oxygen atoms in total. The lowest BCUT2D eigenvalue weighted by Crippen LogP contribution is -2.49. The standard InChI is InChI=1S/C22H29F2N3O2/c1-26-19-5-3-2-4-18(19)25-20(26)12-16-14-27(11-8-15(16)13-21(28)29)17-6-9-22(23,24)10-7-17/h2-5,15-17H,6-14H2,1H3,(H,28,29). The van der Waals surface area contributed by atoms with Crippen LogP contribution < -0.4 is 0 Å². The fraction of sp³-hybridized carbons (Fsp3) is 0.636. The smallest absolute Gasteiger partial charge is 0.303 e. The monoisotopic (exact) mass is 405 g/mol. The molecule has 2 unspecified atom stereocenters. The van der Waals surface area contributed by atoms with Gasteiger partial charge in [0, 0.05) is 45.3 Å². The molecule has 158 valence electrons. The highest BCUT2D eigenvalue weighted by molar-refractivity contribution is 5.75. The van der Waals surface area contributed by atoms with Gasteiger partial charge in [0.1, 0.15) is 5.82 Å². The summed E-state index contributed by atoms with van der Waals surface area (Å²) >= 11 is 0. The summed E-state index contributed by atoms with van der Waals surface area (Å²) in [6.07, 6.45) is 2.64. The van der Waals surface area contributed by atoms with E-state index in [1.54, 1.807) is 0 Å². The van der Waals surface area contributed by atoms with Crippen LogP contribution in [0.25, 0.3) is 11.0 Å². The summed E-state index contributed by atoms with van der Waals surface area (Å²) in [6.45, 7) is 1.56. The number of benzene rings is 1. The Labute approximate surface area is 169 Å². The van der Waals surface area contributed by atoms with Crippen molar-refractivity contribution in [3.05, 3.63) is 30.1 Å². The number of aromatic nitrogens is 2. The number of para-hydroxylation sites is 2. The molecule has 2 fully saturated rings. The minimum atomic E-state index is -2.52. The Morgan fingerprint density at radius 3 is 2.62 bits per heavy atom. The molecule has 0 bridgehead atoms. The van der Waals surface area contributed by atoms with Crippen LogP contribution in [0.2, 0.25) is 0 Å². The van der Waals surface area contributed by atoms with E-state index in [0.29, 0.717) is 19.3 Å². The van der Waals surface area contributed by atoms with Crippen molar-refractivity contribution < 1.29 is 18.7 Å². The van der Waals surface area contributed by atoms with Gasteiger partial charge < -0.3 is 14.6 Å². The highest BCUT2D eigenvalue weighted by Crippen LogP contribution is 2.38. The van der Waals surface area contributed by atoms with Gasteiger partial charge in [0.25, 0.3) is 0 Å². The molecule has 1 saturated carbocycles. The number of fused-ring (bicyclic) bond motifs is 1. The summed E-state index contributed by atoms with van der Waals surface area (Å²) in [4.78, 5) is 18.5. The van der Waals surface area contributed by atoms with E-state index in [0.717, 1.165) is 36.4 Å². The molecular weight excluding hydrogens is 376 g/mol. The Balaban J connectivity index is 1.51. The molecule has 1 aliphatic carbocycles. The summed E-state index contributed by atoms with van der Waals surface area (Å²) in [7, 11) is 2.00. The van der Waals surface area contributed by atoms with Crippen LogP contribution in [0, 0.1) is 11.8 Å². The van der Waals surface area contributed by atoms with Gasteiger partial charge in [-0.05, 0) is 49.8 Å². The normalized spacial score (nSPS) is 26.0. The molecule has 4 rings (SSSR count). The number of nitrogens with zero attached hydrogens (tertiary/aromatic N) is 3. The first-order valence-corrected chi connectivity index (χ1v) is 10.6. The fourth-order valence-electron chi connectivity index (χ4n) is 5.17. The van der Waals surface area contributed by atoms with Crippen molar-refractivity contribution in [3.8, 4) is 0 Å². The highest BCUT2D eigenvalue weighted by atomic mass is 19.3. The molecule has 2 atom stereocenters. The first-order chi connectivity index (χ1) is 13.8. The van der Waals surface area contributed by atoms with Crippen LogP contribution in [-0.2, 0) is 18.3 Å². The summed E-state index contributed by atoms with van der Waals surface area (Å²) in [5.41, 5.74) is 2.02. The molecule has 29 heavy (non-hydrogen) atoms. The second-order valence-corrected chi connectivity index (χ2v) is 8.77. The molecule has 1 aromatic heterocycles. The molecule has 2 aromatic rings. The average molecular weight is 405 g/mol. The summed E-state index contributed by atoms with van der Waals surface area (Å²) in [5, 5.41) is 9.37. The van der Waals surface area contributed by atoms with E-state index >= 15 is 0 Å². The maximum atomic E-state index is 13.6. The Hall–Kier alpha value is -2.02. The van der Waals surface area contributed by atoms with Crippen LogP contribution in [-0.4, -0.2) is 50.6 Å². The van der Waals surface area contributed by atoms with Gasteiger partial charge >= 0.3 is 5.97 Å². The number of carboxylic acids is 1. The lowest BCUT2D eigenvalue weighted by atomic mass is 9.79. The van der Waals surface area contributed by atoms with Crippen LogP contribution in [0.5, 0.6) is 0 Å². The quantitative estimate of drug-likeness (QED) is 0.814. The van der Waals surface area contributed by atoms with Gasteiger partial charge in [-0.1, -0.05) is 12.1 Å². The van der Waals surface area contributed by atoms with Gasteiger partial charge in [0.2, 0.25) is 5.92 Å². The zero-order valence-electron chi connectivity index (χ0n) is 16.9. The Morgan fingerprint density at radius 1 is 1.21 bits per heavy atom. The van der Waals surface area contributed by atoms with Crippen molar-refractivity contribution in [2.75, 3.05) is 13.1 Å². The van der Waals surface area contributed by atoms with E-state index in [2.05, 4.69) is 9.47 Å². The van der Waals surface area contributed by atoms with Crippen LogP contribution in [0.15, 0.2) is 24.3 Å². The molecule has 7 heteroatoms. The van der Waals surface area contributed by atoms with Gasteiger partial charge in [-0.15, -0.1) is 0 Å². The van der Waals surface area contributed by atoms with E-state index in [1.807, 2.05) is 31.3 Å². The predicted octanol–water partition coefficient (Wildman–Crippen LogP) is 4.11. The molecule has 2 heterocycles. The van der Waals surface area contributed by atoms with Gasteiger partial charge in [0.15, 0.2) is 0 Å². The average Bonchev–Trinajstić information content (AvgIpc) is 2.99. The number of aliphatic carboxylic acids is 1. The van der Waals surface area contributed by atoms with Gasteiger partial charge in [-0.3, -0.25) is 4.79 Å². The van der Waals surface area contributed by atoms with Crippen molar-refractivity contribution in [3.63, 3.8) is 0 Å². The maximum Gasteiger partial charge on any atom is 0.303 e. The van der Waals surface area contributed by atoms with Gasteiger partial charge in [-0.2, -0.15) is 0 Å². The molecular formula is C22H29F2N3O2. The van der Waals surface area contributed by atoms with E-state index in [1.165, 1.54) is 0 Å². The maximum absolute atomic E-state index is 13.6. The molecule has 1 N–H and O–H groups in total. The van der Waals surface area contributed by atoms with E-state index in [-0.39, 0.29) is 37.1 Å². The van der Waals surface area contributed by atoms with Crippen molar-refractivity contribution in [1.82, 2.24) is 14.5 Å². The van der Waals surface area contributed by atoms with Crippen molar-refractivity contribution in [1.29, 1.82) is 0 Å². The number of halogens is 2. The zero-order chi connectivity index (χ0) is 20.6. The van der Waals surface area contributed by atoms with Crippen LogP contribution in [0.4, 0.5) is 8.78 Å². The van der Waals surface area contributed by atoms with Crippen LogP contribution >= 0.6 is 0 Å². The summed E-state index contributed by atoms with van der Waals surface area (Å²) in [5.74, 6) is -2.07. The van der Waals surface area contributed by atoms with E-state index in [4.69, 9.17) is 4.98 Å².